The van der Waals surface area contributed by atoms with E-state index in [9.17, 15) is 10.2 Å². The average Bonchev–Trinajstić information content (AvgIpc) is 3.25. The van der Waals surface area contributed by atoms with Crippen LogP contribution in [0, 0.1) is 0 Å². The largest absolute Gasteiger partial charge is 0.394 e. The molecule has 4 rings (SSSR count). The molecule has 5 nitrogen and oxygen atoms in total. The van der Waals surface area contributed by atoms with Crippen LogP contribution in [0.2, 0.25) is 0 Å². The third-order valence-electron chi connectivity index (χ3n) is 4.10. The maximum Gasteiger partial charge on any atom is 0.142 e. The number of aliphatic hydroxyl groups is 2. The van der Waals surface area contributed by atoms with Crippen molar-refractivity contribution >= 4 is 22.4 Å². The van der Waals surface area contributed by atoms with Gasteiger partial charge in [0.25, 0.3) is 0 Å². The number of aromatic nitrogens is 2. The summed E-state index contributed by atoms with van der Waals surface area (Å²) < 4.78 is 7.67. The van der Waals surface area contributed by atoms with Crippen molar-refractivity contribution in [2.24, 2.45) is 0 Å². The fraction of sp³-hybridized carbons (Fsp3) is 0.312. The summed E-state index contributed by atoms with van der Waals surface area (Å²) in [5, 5.41) is 22.3. The lowest BCUT2D eigenvalue weighted by Crippen LogP contribution is -2.24. The van der Waals surface area contributed by atoms with E-state index in [-0.39, 0.29) is 12.8 Å². The molecule has 3 aromatic rings. The Bertz CT molecular complexity index is 784. The molecule has 0 amide bonds. The first kappa shape index (κ1) is 13.9. The smallest absolute Gasteiger partial charge is 0.142 e. The van der Waals surface area contributed by atoms with Gasteiger partial charge in [-0.05, 0) is 23.6 Å². The molecule has 0 aliphatic carbocycles. The summed E-state index contributed by atoms with van der Waals surface area (Å²) in [7, 11) is 0. The van der Waals surface area contributed by atoms with Gasteiger partial charge in [0.15, 0.2) is 0 Å². The number of fused-ring (bicyclic) bond motifs is 1. The molecule has 6 heteroatoms. The van der Waals surface area contributed by atoms with Gasteiger partial charge < -0.3 is 19.5 Å². The van der Waals surface area contributed by atoms with Gasteiger partial charge in [-0.15, -0.1) is 11.3 Å². The Morgan fingerprint density at radius 3 is 3.00 bits per heavy atom. The van der Waals surface area contributed by atoms with Crippen molar-refractivity contribution < 1.29 is 14.9 Å². The summed E-state index contributed by atoms with van der Waals surface area (Å²) in [5.41, 5.74) is 1.98. The van der Waals surface area contributed by atoms with Crippen molar-refractivity contribution in [1.82, 2.24) is 9.55 Å². The van der Waals surface area contributed by atoms with Crippen molar-refractivity contribution in [1.29, 1.82) is 0 Å². The van der Waals surface area contributed by atoms with E-state index in [0.29, 0.717) is 6.42 Å². The molecular formula is C16H16N2O3S. The summed E-state index contributed by atoms with van der Waals surface area (Å²) in [6.07, 6.45) is 2.72. The molecule has 4 heterocycles. The van der Waals surface area contributed by atoms with Crippen molar-refractivity contribution in [3.05, 3.63) is 42.0 Å². The summed E-state index contributed by atoms with van der Waals surface area (Å²) in [4.78, 5) is 5.68. The zero-order valence-electron chi connectivity index (χ0n) is 11.8. The number of aliphatic hydroxyl groups excluding tert-OH is 2. The summed E-state index contributed by atoms with van der Waals surface area (Å²) in [6.45, 7) is -0.176. The first-order valence-corrected chi connectivity index (χ1v) is 8.09. The van der Waals surface area contributed by atoms with Crippen LogP contribution in [-0.4, -0.2) is 38.6 Å². The van der Waals surface area contributed by atoms with E-state index in [0.717, 1.165) is 16.6 Å². The topological polar surface area (TPSA) is 67.5 Å². The average molecular weight is 316 g/mol. The van der Waals surface area contributed by atoms with Crippen LogP contribution in [0.3, 0.4) is 0 Å². The molecular weight excluding hydrogens is 300 g/mol. The van der Waals surface area contributed by atoms with Crippen LogP contribution in [0.15, 0.2) is 42.0 Å². The van der Waals surface area contributed by atoms with Gasteiger partial charge in [0.05, 0.1) is 12.7 Å². The van der Waals surface area contributed by atoms with E-state index >= 15 is 0 Å². The van der Waals surface area contributed by atoms with E-state index in [1.54, 1.807) is 17.5 Å². The lowest BCUT2D eigenvalue weighted by molar-refractivity contribution is -0.0430. The number of hydrogen-bond acceptors (Lipinski definition) is 5. The molecule has 0 spiro atoms. The quantitative estimate of drug-likeness (QED) is 0.778. The summed E-state index contributed by atoms with van der Waals surface area (Å²) >= 11 is 1.70. The molecule has 0 unspecified atom stereocenters. The number of hydrogen-bond donors (Lipinski definition) is 2. The molecule has 1 aliphatic heterocycles. The molecule has 0 aromatic carbocycles. The summed E-state index contributed by atoms with van der Waals surface area (Å²) in [6, 6.07) is 8.17. The third kappa shape index (κ3) is 2.16. The Morgan fingerprint density at radius 1 is 1.36 bits per heavy atom. The minimum atomic E-state index is -0.645. The van der Waals surface area contributed by atoms with Gasteiger partial charge in [-0.25, -0.2) is 4.98 Å². The fourth-order valence-corrected chi connectivity index (χ4v) is 3.75. The number of rotatable bonds is 3. The minimum Gasteiger partial charge on any atom is -0.394 e. The van der Waals surface area contributed by atoms with Gasteiger partial charge in [0, 0.05) is 34.6 Å². The van der Waals surface area contributed by atoms with Crippen molar-refractivity contribution in [2.75, 3.05) is 6.61 Å². The second-order valence-electron chi connectivity index (χ2n) is 5.41. The minimum absolute atomic E-state index is 0.176. The normalized spacial score (nSPS) is 25.1. The van der Waals surface area contributed by atoms with Crippen LogP contribution >= 0.6 is 11.3 Å². The zero-order valence-corrected chi connectivity index (χ0v) is 12.6. The van der Waals surface area contributed by atoms with Gasteiger partial charge in [0.1, 0.15) is 18.0 Å². The van der Waals surface area contributed by atoms with E-state index in [1.165, 1.54) is 4.88 Å². The van der Waals surface area contributed by atoms with Crippen molar-refractivity contribution in [3.63, 3.8) is 0 Å². The Kier molecular flexibility index (Phi) is 3.46. The lowest BCUT2D eigenvalue weighted by atomic mass is 10.1. The highest BCUT2D eigenvalue weighted by Crippen LogP contribution is 2.35. The monoisotopic (exact) mass is 316 g/mol. The van der Waals surface area contributed by atoms with Gasteiger partial charge in [-0.2, -0.15) is 0 Å². The molecule has 1 saturated heterocycles. The van der Waals surface area contributed by atoms with Crippen molar-refractivity contribution in [3.8, 4) is 10.4 Å². The van der Waals surface area contributed by atoms with E-state index in [1.807, 2.05) is 29.0 Å². The number of pyridine rings is 1. The van der Waals surface area contributed by atoms with E-state index in [2.05, 4.69) is 16.4 Å². The second kappa shape index (κ2) is 5.48. The Morgan fingerprint density at radius 2 is 2.27 bits per heavy atom. The van der Waals surface area contributed by atoms with Crippen LogP contribution in [0.5, 0.6) is 0 Å². The second-order valence-corrected chi connectivity index (χ2v) is 6.36. The highest BCUT2D eigenvalue weighted by atomic mass is 32.1. The van der Waals surface area contributed by atoms with E-state index in [4.69, 9.17) is 4.74 Å². The first-order valence-electron chi connectivity index (χ1n) is 7.21. The maximum atomic E-state index is 9.92. The molecule has 0 saturated carbocycles. The van der Waals surface area contributed by atoms with Crippen LogP contribution in [0.25, 0.3) is 21.5 Å². The Hall–Kier alpha value is -1.73. The molecule has 2 N–H and O–H groups in total. The van der Waals surface area contributed by atoms with Crippen molar-refractivity contribution in [2.45, 2.75) is 24.9 Å². The van der Waals surface area contributed by atoms with Gasteiger partial charge in [0.2, 0.25) is 0 Å². The molecule has 3 aromatic heterocycles. The van der Waals surface area contributed by atoms with Gasteiger partial charge >= 0.3 is 0 Å². The lowest BCUT2D eigenvalue weighted by Gasteiger charge is -2.14. The molecule has 1 aliphatic rings. The van der Waals surface area contributed by atoms with Crippen LogP contribution in [0.1, 0.15) is 12.6 Å². The highest BCUT2D eigenvalue weighted by Gasteiger charge is 2.35. The van der Waals surface area contributed by atoms with Gasteiger partial charge in [-0.1, -0.05) is 6.07 Å². The van der Waals surface area contributed by atoms with E-state index < -0.39 is 12.2 Å². The van der Waals surface area contributed by atoms with Crippen LogP contribution < -0.4 is 0 Å². The van der Waals surface area contributed by atoms with Crippen LogP contribution in [-0.2, 0) is 4.74 Å². The SMILES string of the molecule is OC[C@H]1O[C@@H](n2ccc3c(-c4cccs4)ccnc32)C[C@@H]1O. The molecule has 3 atom stereocenters. The fourth-order valence-electron chi connectivity index (χ4n) is 2.99. The molecule has 22 heavy (non-hydrogen) atoms. The Labute approximate surface area is 131 Å². The predicted molar refractivity (Wildman–Crippen MR) is 84.7 cm³/mol. The van der Waals surface area contributed by atoms with Gasteiger partial charge in [-0.3, -0.25) is 0 Å². The molecule has 114 valence electrons. The standard InChI is InChI=1S/C16H16N2O3S/c19-9-13-12(20)8-15(21-13)18-6-4-11-10(3-5-17-16(11)18)14-2-1-7-22-14/h1-7,12-13,15,19-20H,8-9H2/t12-,13+,15+/m0/s1. The third-order valence-corrected chi connectivity index (χ3v) is 5.00. The predicted octanol–water partition coefficient (Wildman–Crippen LogP) is 2.41. The highest BCUT2D eigenvalue weighted by molar-refractivity contribution is 7.13. The zero-order chi connectivity index (χ0) is 15.1. The van der Waals surface area contributed by atoms with Crippen LogP contribution in [0.4, 0.5) is 0 Å². The number of thiophene rings is 1. The maximum absolute atomic E-state index is 9.92. The molecule has 1 fully saturated rings. The number of ether oxygens (including phenoxy) is 1. The summed E-state index contributed by atoms with van der Waals surface area (Å²) in [5.74, 6) is 0. The Balaban J connectivity index is 1.77. The first-order chi connectivity index (χ1) is 10.8. The molecule has 0 bridgehead atoms. The molecule has 0 radical (unpaired) electrons. The number of nitrogens with zero attached hydrogens (tertiary/aromatic N) is 2.